The summed E-state index contributed by atoms with van der Waals surface area (Å²) in [6.07, 6.45) is 3.81. The maximum Gasteiger partial charge on any atom is 0.321 e. The molecular formula is C16H12F2N4S. The lowest BCUT2D eigenvalue weighted by Gasteiger charge is -2.06. The number of imidazole rings is 2. The molecule has 4 aromatic rings. The molecule has 0 amide bonds. The second-order valence-corrected chi connectivity index (χ2v) is 5.96. The van der Waals surface area contributed by atoms with E-state index in [4.69, 9.17) is 0 Å². The normalized spacial score (nSPS) is 11.8. The topological polar surface area (TPSA) is 35.1 Å². The second kappa shape index (κ2) is 5.66. The fraction of sp³-hybridized carbons (Fsp3) is 0.125. The highest BCUT2D eigenvalue weighted by Gasteiger charge is 2.18. The number of halogens is 2. The molecule has 0 spiro atoms. The molecule has 0 aliphatic heterocycles. The van der Waals surface area contributed by atoms with Gasteiger partial charge in [0.2, 0.25) is 0 Å². The Balaban J connectivity index is 1.65. The summed E-state index contributed by atoms with van der Waals surface area (Å²) < 4.78 is 29.6. The largest absolute Gasteiger partial charge is 0.321 e. The van der Waals surface area contributed by atoms with Crippen molar-refractivity contribution in [1.29, 1.82) is 0 Å². The summed E-state index contributed by atoms with van der Waals surface area (Å²) in [7, 11) is 0. The van der Waals surface area contributed by atoms with Gasteiger partial charge >= 0.3 is 6.55 Å². The van der Waals surface area contributed by atoms with E-state index in [1.54, 1.807) is 24.3 Å². The lowest BCUT2D eigenvalue weighted by molar-refractivity contribution is 0.0656. The molecule has 0 radical (unpaired) electrons. The van der Waals surface area contributed by atoms with Crippen molar-refractivity contribution in [2.45, 2.75) is 17.5 Å². The van der Waals surface area contributed by atoms with E-state index in [-0.39, 0.29) is 0 Å². The van der Waals surface area contributed by atoms with Crippen molar-refractivity contribution in [1.82, 2.24) is 18.9 Å². The maximum atomic E-state index is 13.4. The van der Waals surface area contributed by atoms with Crippen molar-refractivity contribution >= 4 is 28.4 Å². The van der Waals surface area contributed by atoms with E-state index in [9.17, 15) is 8.78 Å². The molecule has 3 heterocycles. The monoisotopic (exact) mass is 330 g/mol. The average molecular weight is 330 g/mol. The lowest BCUT2D eigenvalue weighted by atomic mass is 10.3. The average Bonchev–Trinajstić information content (AvgIpc) is 3.13. The molecule has 0 fully saturated rings. The first-order chi connectivity index (χ1) is 11.2. The van der Waals surface area contributed by atoms with E-state index >= 15 is 0 Å². The quantitative estimate of drug-likeness (QED) is 0.521. The van der Waals surface area contributed by atoms with Crippen molar-refractivity contribution < 1.29 is 8.78 Å². The third-order valence-electron chi connectivity index (χ3n) is 3.52. The van der Waals surface area contributed by atoms with Crippen LogP contribution in [0.15, 0.2) is 60.0 Å². The number of hydrogen-bond donors (Lipinski definition) is 0. The molecule has 3 aromatic heterocycles. The number of aromatic nitrogens is 4. The predicted molar refractivity (Wildman–Crippen MR) is 85.7 cm³/mol. The van der Waals surface area contributed by atoms with Gasteiger partial charge in [-0.05, 0) is 24.3 Å². The Morgan fingerprint density at radius 1 is 1.04 bits per heavy atom. The van der Waals surface area contributed by atoms with Gasteiger partial charge in [-0.3, -0.25) is 4.57 Å². The van der Waals surface area contributed by atoms with Crippen LogP contribution >= 0.6 is 11.8 Å². The van der Waals surface area contributed by atoms with Crippen LogP contribution in [0.5, 0.6) is 0 Å². The number of hydrogen-bond acceptors (Lipinski definition) is 3. The van der Waals surface area contributed by atoms with Gasteiger partial charge in [0.05, 0.1) is 16.7 Å². The molecule has 0 bridgehead atoms. The Morgan fingerprint density at radius 2 is 1.87 bits per heavy atom. The number of fused-ring (bicyclic) bond motifs is 2. The molecule has 0 saturated carbocycles. The Labute approximate surface area is 134 Å². The molecule has 0 aliphatic carbocycles. The van der Waals surface area contributed by atoms with Crippen LogP contribution in [0.2, 0.25) is 0 Å². The van der Waals surface area contributed by atoms with Crippen LogP contribution in [-0.4, -0.2) is 18.9 Å². The van der Waals surface area contributed by atoms with Crippen LogP contribution in [0, 0.1) is 0 Å². The number of pyridine rings is 1. The number of rotatable bonds is 4. The van der Waals surface area contributed by atoms with Crippen molar-refractivity contribution in [3.05, 3.63) is 60.6 Å². The number of benzene rings is 1. The Kier molecular flexibility index (Phi) is 3.49. The highest BCUT2D eigenvalue weighted by molar-refractivity contribution is 7.98. The van der Waals surface area contributed by atoms with Crippen LogP contribution in [0.1, 0.15) is 12.2 Å². The molecule has 0 N–H and O–H groups in total. The summed E-state index contributed by atoms with van der Waals surface area (Å²) in [6.45, 7) is -2.62. The molecule has 0 saturated heterocycles. The van der Waals surface area contributed by atoms with Crippen molar-refractivity contribution in [3.8, 4) is 0 Å². The third kappa shape index (κ3) is 2.57. The van der Waals surface area contributed by atoms with E-state index in [2.05, 4.69) is 9.97 Å². The molecule has 4 rings (SSSR count). The first kappa shape index (κ1) is 14.2. The van der Waals surface area contributed by atoms with E-state index in [0.29, 0.717) is 21.9 Å². The molecular weight excluding hydrogens is 318 g/mol. The van der Waals surface area contributed by atoms with Crippen molar-refractivity contribution in [2.75, 3.05) is 0 Å². The zero-order valence-corrected chi connectivity index (χ0v) is 12.8. The SMILES string of the molecule is FC(F)n1c(SCc2cn3ccccc3n2)nc2ccccc21. The molecule has 4 nitrogen and oxygen atoms in total. The van der Waals surface area contributed by atoms with Gasteiger partial charge in [-0.1, -0.05) is 30.0 Å². The number of alkyl halides is 2. The maximum absolute atomic E-state index is 13.4. The second-order valence-electron chi connectivity index (χ2n) is 5.02. The number of thioether (sulfide) groups is 1. The summed E-state index contributed by atoms with van der Waals surface area (Å²) in [5.41, 5.74) is 2.69. The molecule has 116 valence electrons. The van der Waals surface area contributed by atoms with Crippen LogP contribution in [0.25, 0.3) is 16.7 Å². The molecule has 7 heteroatoms. The first-order valence-corrected chi connectivity index (χ1v) is 8.01. The zero-order chi connectivity index (χ0) is 15.8. The van der Waals surface area contributed by atoms with Crippen LogP contribution in [0.4, 0.5) is 8.78 Å². The first-order valence-electron chi connectivity index (χ1n) is 7.03. The summed E-state index contributed by atoms with van der Waals surface area (Å²) in [5.74, 6) is 0.484. The standard InChI is InChI=1S/C16H12F2N4S/c17-15(18)22-13-6-2-1-5-12(13)20-16(22)23-10-11-9-21-8-4-3-7-14(21)19-11/h1-9,15H,10H2. The fourth-order valence-corrected chi connectivity index (χ4v) is 3.40. The highest BCUT2D eigenvalue weighted by Crippen LogP contribution is 2.30. The Hall–Kier alpha value is -2.41. The highest BCUT2D eigenvalue weighted by atomic mass is 32.2. The third-order valence-corrected chi connectivity index (χ3v) is 4.51. The van der Waals surface area contributed by atoms with E-state index in [1.165, 1.54) is 11.8 Å². The van der Waals surface area contributed by atoms with E-state index in [0.717, 1.165) is 15.9 Å². The molecule has 23 heavy (non-hydrogen) atoms. The lowest BCUT2D eigenvalue weighted by Crippen LogP contribution is -2.00. The van der Waals surface area contributed by atoms with Crippen LogP contribution < -0.4 is 0 Å². The van der Waals surface area contributed by atoms with Gasteiger partial charge < -0.3 is 4.40 Å². The van der Waals surface area contributed by atoms with Gasteiger partial charge in [0, 0.05) is 18.1 Å². The Morgan fingerprint density at radius 3 is 2.70 bits per heavy atom. The van der Waals surface area contributed by atoms with Crippen molar-refractivity contribution in [3.63, 3.8) is 0 Å². The minimum atomic E-state index is -2.62. The van der Waals surface area contributed by atoms with E-state index < -0.39 is 6.55 Å². The van der Waals surface area contributed by atoms with Gasteiger partial charge in [-0.25, -0.2) is 9.97 Å². The van der Waals surface area contributed by atoms with E-state index in [1.807, 2.05) is 35.0 Å². The van der Waals surface area contributed by atoms with Gasteiger partial charge in [-0.15, -0.1) is 0 Å². The number of nitrogens with zero attached hydrogens (tertiary/aromatic N) is 4. The minimum Gasteiger partial charge on any atom is -0.307 e. The molecule has 0 unspecified atom stereocenters. The zero-order valence-electron chi connectivity index (χ0n) is 11.9. The number of para-hydroxylation sites is 2. The van der Waals surface area contributed by atoms with Crippen molar-refractivity contribution in [2.24, 2.45) is 0 Å². The molecule has 0 aliphatic rings. The van der Waals surface area contributed by atoms with Crippen LogP contribution in [-0.2, 0) is 5.75 Å². The molecule has 1 aromatic carbocycles. The Bertz CT molecular complexity index is 943. The summed E-state index contributed by atoms with van der Waals surface area (Å²) in [6, 6.07) is 12.7. The smallest absolute Gasteiger partial charge is 0.307 e. The van der Waals surface area contributed by atoms with Crippen LogP contribution in [0.3, 0.4) is 0 Å². The molecule has 0 atom stereocenters. The van der Waals surface area contributed by atoms with Gasteiger partial charge in [0.15, 0.2) is 5.16 Å². The minimum absolute atomic E-state index is 0.304. The van der Waals surface area contributed by atoms with Gasteiger partial charge in [-0.2, -0.15) is 8.78 Å². The summed E-state index contributed by atoms with van der Waals surface area (Å²) >= 11 is 1.27. The predicted octanol–water partition coefficient (Wildman–Crippen LogP) is 4.37. The van der Waals surface area contributed by atoms with Gasteiger partial charge in [0.1, 0.15) is 5.65 Å². The fourth-order valence-electron chi connectivity index (χ4n) is 2.51. The summed E-state index contributed by atoms with van der Waals surface area (Å²) in [5, 5.41) is 0.304. The van der Waals surface area contributed by atoms with Gasteiger partial charge in [0.25, 0.3) is 0 Å². The summed E-state index contributed by atoms with van der Waals surface area (Å²) in [4.78, 5) is 8.79.